The van der Waals surface area contributed by atoms with Crippen LogP contribution in [0.3, 0.4) is 0 Å². The fourth-order valence-electron chi connectivity index (χ4n) is 1.69. The highest BCUT2D eigenvalue weighted by atomic mass is 32.2. The number of methoxy groups -OCH3 is 1. The first-order chi connectivity index (χ1) is 8.55. The number of ether oxygens (including phenoxy) is 1. The molecule has 1 unspecified atom stereocenters. The smallest absolute Gasteiger partial charge is 0.326 e. The van der Waals surface area contributed by atoms with Crippen molar-refractivity contribution in [3.8, 4) is 0 Å². The molecule has 1 aromatic heterocycles. The maximum absolute atomic E-state index is 11.9. The van der Waals surface area contributed by atoms with Crippen LogP contribution in [0.1, 0.15) is 19.8 Å². The number of nitrogens with one attached hydrogen (secondary N) is 1. The molecular weight excluding hydrogens is 252 g/mol. The highest BCUT2D eigenvalue weighted by Crippen LogP contribution is 2.27. The first-order valence-corrected chi connectivity index (χ1v) is 6.86. The Balaban J connectivity index is 2.00. The third-order valence-electron chi connectivity index (χ3n) is 2.90. The van der Waals surface area contributed by atoms with E-state index in [0.29, 0.717) is 11.8 Å². The molecule has 7 heteroatoms. The summed E-state index contributed by atoms with van der Waals surface area (Å²) in [5.41, 5.74) is -0.674. The molecule has 1 atom stereocenters. The van der Waals surface area contributed by atoms with Crippen molar-refractivity contribution in [3.05, 3.63) is 6.33 Å². The lowest BCUT2D eigenvalue weighted by atomic mass is 10.1. The Labute approximate surface area is 110 Å². The maximum Gasteiger partial charge on any atom is 0.326 e. The van der Waals surface area contributed by atoms with Gasteiger partial charge in [0.2, 0.25) is 0 Å². The monoisotopic (exact) mass is 270 g/mol. The van der Waals surface area contributed by atoms with Crippen molar-refractivity contribution in [1.29, 1.82) is 0 Å². The lowest BCUT2D eigenvalue weighted by Gasteiger charge is -2.27. The number of esters is 1. The van der Waals surface area contributed by atoms with Gasteiger partial charge in [-0.2, -0.15) is 5.10 Å². The lowest BCUT2D eigenvalue weighted by Crippen LogP contribution is -2.53. The van der Waals surface area contributed by atoms with E-state index in [0.717, 1.165) is 18.0 Å². The molecule has 100 valence electrons. The number of rotatable bonds is 6. The number of aryl methyl sites for hydroxylation is 1. The quantitative estimate of drug-likeness (QED) is 0.603. The number of nitrogens with zero attached hydrogens (tertiary/aromatic N) is 3. The summed E-state index contributed by atoms with van der Waals surface area (Å²) in [6.07, 6.45) is 3.76. The van der Waals surface area contributed by atoms with E-state index in [9.17, 15) is 4.79 Å². The summed E-state index contributed by atoms with van der Waals surface area (Å²) >= 11 is 1.50. The zero-order valence-electron chi connectivity index (χ0n) is 10.8. The van der Waals surface area contributed by atoms with Crippen LogP contribution in [0.4, 0.5) is 0 Å². The first-order valence-electron chi connectivity index (χ1n) is 5.88. The van der Waals surface area contributed by atoms with Gasteiger partial charge < -0.3 is 4.74 Å². The van der Waals surface area contributed by atoms with Gasteiger partial charge >= 0.3 is 5.97 Å². The highest BCUT2D eigenvalue weighted by molar-refractivity contribution is 7.99. The van der Waals surface area contributed by atoms with E-state index in [1.54, 1.807) is 4.68 Å². The molecule has 1 aliphatic rings. The SMILES string of the molecule is COC(=O)C(C)(CSc1ncnn1C)NC1CC1. The zero-order valence-corrected chi connectivity index (χ0v) is 11.7. The van der Waals surface area contributed by atoms with E-state index in [2.05, 4.69) is 15.4 Å². The third-order valence-corrected chi connectivity index (χ3v) is 4.25. The standard InChI is InChI=1S/C11H18N4O2S/c1-11(9(16)17-3,14-8-4-5-8)6-18-10-12-7-13-15(10)2/h7-8,14H,4-6H2,1-3H3. The summed E-state index contributed by atoms with van der Waals surface area (Å²) in [6, 6.07) is 0.439. The molecule has 1 fully saturated rings. The summed E-state index contributed by atoms with van der Waals surface area (Å²) in [5.74, 6) is 0.340. The van der Waals surface area contributed by atoms with Crippen LogP contribution < -0.4 is 5.32 Å². The van der Waals surface area contributed by atoms with Crippen molar-refractivity contribution in [2.45, 2.75) is 36.5 Å². The second-order valence-electron chi connectivity index (χ2n) is 4.70. The molecule has 2 rings (SSSR count). The second kappa shape index (κ2) is 5.27. The summed E-state index contributed by atoms with van der Waals surface area (Å²) in [5, 5.41) is 8.15. The van der Waals surface area contributed by atoms with Crippen LogP contribution >= 0.6 is 11.8 Å². The fraction of sp³-hybridized carbons (Fsp3) is 0.727. The lowest BCUT2D eigenvalue weighted by molar-refractivity contribution is -0.147. The number of aromatic nitrogens is 3. The van der Waals surface area contributed by atoms with E-state index in [1.807, 2.05) is 14.0 Å². The maximum atomic E-state index is 11.9. The van der Waals surface area contributed by atoms with Crippen molar-refractivity contribution < 1.29 is 9.53 Å². The minimum Gasteiger partial charge on any atom is -0.468 e. The van der Waals surface area contributed by atoms with Crippen molar-refractivity contribution in [1.82, 2.24) is 20.1 Å². The Morgan fingerprint density at radius 3 is 2.94 bits per heavy atom. The van der Waals surface area contributed by atoms with Crippen molar-refractivity contribution in [3.63, 3.8) is 0 Å². The van der Waals surface area contributed by atoms with Crippen molar-refractivity contribution >= 4 is 17.7 Å². The van der Waals surface area contributed by atoms with Crippen LogP contribution in [-0.2, 0) is 16.6 Å². The van der Waals surface area contributed by atoms with Gasteiger partial charge in [0.15, 0.2) is 5.16 Å². The Bertz CT molecular complexity index is 432. The van der Waals surface area contributed by atoms with Gasteiger partial charge in [-0.25, -0.2) is 9.67 Å². The molecule has 1 aliphatic carbocycles. The first kappa shape index (κ1) is 13.4. The molecule has 1 aromatic rings. The number of hydrogen-bond acceptors (Lipinski definition) is 6. The summed E-state index contributed by atoms with van der Waals surface area (Å²) in [7, 11) is 3.25. The summed E-state index contributed by atoms with van der Waals surface area (Å²) in [4.78, 5) is 16.0. The molecule has 0 amide bonds. The number of carbonyl (C=O) groups is 1. The third kappa shape index (κ3) is 3.02. The molecule has 0 radical (unpaired) electrons. The van der Waals surface area contributed by atoms with Gasteiger partial charge in [0.25, 0.3) is 0 Å². The van der Waals surface area contributed by atoms with E-state index < -0.39 is 5.54 Å². The Morgan fingerprint density at radius 2 is 2.44 bits per heavy atom. The predicted octanol–water partition coefficient (Wildman–Crippen LogP) is 0.591. The minimum atomic E-state index is -0.674. The normalized spacial score (nSPS) is 18.4. The Morgan fingerprint density at radius 1 is 1.72 bits per heavy atom. The number of carbonyl (C=O) groups excluding carboxylic acids is 1. The Hall–Kier alpha value is -1.08. The van der Waals surface area contributed by atoms with Gasteiger partial charge in [-0.3, -0.25) is 10.1 Å². The van der Waals surface area contributed by atoms with E-state index in [-0.39, 0.29) is 5.97 Å². The van der Waals surface area contributed by atoms with E-state index in [4.69, 9.17) is 4.74 Å². The van der Waals surface area contributed by atoms with Gasteiger partial charge in [0.1, 0.15) is 11.9 Å². The van der Waals surface area contributed by atoms with Crippen molar-refractivity contribution in [2.75, 3.05) is 12.9 Å². The molecular formula is C11H18N4O2S. The van der Waals surface area contributed by atoms with Crippen LogP contribution in [0.15, 0.2) is 11.5 Å². The molecule has 0 bridgehead atoms. The van der Waals surface area contributed by atoms with Gasteiger partial charge in [0.05, 0.1) is 7.11 Å². The molecule has 18 heavy (non-hydrogen) atoms. The van der Waals surface area contributed by atoms with Crippen LogP contribution in [0.2, 0.25) is 0 Å². The topological polar surface area (TPSA) is 69.0 Å². The molecule has 1 saturated carbocycles. The Kier molecular flexibility index (Phi) is 3.91. The second-order valence-corrected chi connectivity index (χ2v) is 5.64. The van der Waals surface area contributed by atoms with Gasteiger partial charge in [-0.15, -0.1) is 0 Å². The van der Waals surface area contributed by atoms with Gasteiger partial charge in [-0.05, 0) is 19.8 Å². The van der Waals surface area contributed by atoms with Gasteiger partial charge in [0, 0.05) is 18.8 Å². The average Bonchev–Trinajstić information content (AvgIpc) is 3.06. The molecule has 0 aromatic carbocycles. The number of thioether (sulfide) groups is 1. The zero-order chi connectivity index (χ0) is 13.2. The molecule has 6 nitrogen and oxygen atoms in total. The minimum absolute atomic E-state index is 0.232. The van der Waals surface area contributed by atoms with Crippen LogP contribution in [-0.4, -0.2) is 45.2 Å². The predicted molar refractivity (Wildman–Crippen MR) is 68.3 cm³/mol. The molecule has 0 saturated heterocycles. The van der Waals surface area contributed by atoms with Crippen LogP contribution in [0.5, 0.6) is 0 Å². The summed E-state index contributed by atoms with van der Waals surface area (Å²) in [6.45, 7) is 1.88. The van der Waals surface area contributed by atoms with Crippen LogP contribution in [0.25, 0.3) is 0 Å². The average molecular weight is 270 g/mol. The van der Waals surface area contributed by atoms with Gasteiger partial charge in [-0.1, -0.05) is 11.8 Å². The number of hydrogen-bond donors (Lipinski definition) is 1. The van der Waals surface area contributed by atoms with Crippen molar-refractivity contribution in [2.24, 2.45) is 7.05 Å². The molecule has 1 heterocycles. The molecule has 0 aliphatic heterocycles. The van der Waals surface area contributed by atoms with E-state index in [1.165, 1.54) is 25.2 Å². The molecule has 0 spiro atoms. The van der Waals surface area contributed by atoms with Crippen LogP contribution in [0, 0.1) is 0 Å². The summed E-state index contributed by atoms with van der Waals surface area (Å²) < 4.78 is 6.58. The fourth-order valence-corrected chi connectivity index (χ4v) is 2.66. The largest absolute Gasteiger partial charge is 0.468 e. The van der Waals surface area contributed by atoms with E-state index >= 15 is 0 Å². The highest BCUT2D eigenvalue weighted by Gasteiger charge is 2.39. The molecule has 1 N–H and O–H groups in total.